The van der Waals surface area contributed by atoms with Crippen molar-refractivity contribution in [1.29, 1.82) is 5.26 Å². The Morgan fingerprint density at radius 1 is 1.15 bits per heavy atom. The highest BCUT2D eigenvalue weighted by Gasteiger charge is 2.27. The highest BCUT2D eigenvalue weighted by molar-refractivity contribution is 5.93. The number of nitriles is 1. The monoisotopic (exact) mass is 346 g/mol. The number of tetrazole rings is 1. The first-order valence-corrected chi connectivity index (χ1v) is 8.24. The molecule has 0 aliphatic rings. The first-order valence-electron chi connectivity index (χ1n) is 8.24. The molecule has 3 rings (SSSR count). The Labute approximate surface area is 151 Å². The minimum atomic E-state index is -0.620. The van der Waals surface area contributed by atoms with Gasteiger partial charge in [0.15, 0.2) is 6.04 Å². The Kier molecular flexibility index (Phi) is 5.04. The molecule has 7 nitrogen and oxygen atoms in total. The first kappa shape index (κ1) is 17.3. The van der Waals surface area contributed by atoms with Gasteiger partial charge in [-0.15, -0.1) is 10.2 Å². The van der Waals surface area contributed by atoms with E-state index in [4.69, 9.17) is 5.26 Å². The predicted molar refractivity (Wildman–Crippen MR) is 96.9 cm³/mol. The van der Waals surface area contributed by atoms with Crippen LogP contribution in [0.5, 0.6) is 0 Å². The molecule has 1 N–H and O–H groups in total. The maximum absolute atomic E-state index is 12.8. The highest BCUT2D eigenvalue weighted by atomic mass is 16.2. The SMILES string of the molecule is CC(C)C(C(=O)Nc1cccc(C#N)c1)n1nnc(-c2ccccc2)n1. The molecule has 0 saturated carbocycles. The fourth-order valence-electron chi connectivity index (χ4n) is 2.60. The molecule has 1 unspecified atom stereocenters. The zero-order valence-electron chi connectivity index (χ0n) is 14.5. The van der Waals surface area contributed by atoms with Crippen molar-refractivity contribution < 1.29 is 4.79 Å². The molecule has 0 radical (unpaired) electrons. The van der Waals surface area contributed by atoms with E-state index in [-0.39, 0.29) is 11.8 Å². The second-order valence-corrected chi connectivity index (χ2v) is 6.17. The molecule has 0 aliphatic carbocycles. The number of hydrogen-bond acceptors (Lipinski definition) is 5. The van der Waals surface area contributed by atoms with Crippen LogP contribution >= 0.6 is 0 Å². The Morgan fingerprint density at radius 2 is 1.92 bits per heavy atom. The summed E-state index contributed by atoms with van der Waals surface area (Å²) in [6, 6.07) is 17.7. The standard InChI is InChI=1S/C19H18N6O/c1-13(2)17(19(26)21-16-10-6-7-14(11-16)12-20)25-23-18(22-24-25)15-8-4-3-5-9-15/h3-11,13,17H,1-2H3,(H,21,26). The molecule has 1 atom stereocenters. The topological polar surface area (TPSA) is 96.5 Å². The van der Waals surface area contributed by atoms with Gasteiger partial charge in [0.05, 0.1) is 11.6 Å². The van der Waals surface area contributed by atoms with E-state index in [1.807, 2.05) is 44.2 Å². The van der Waals surface area contributed by atoms with Gasteiger partial charge in [-0.05, 0) is 29.3 Å². The zero-order valence-corrected chi connectivity index (χ0v) is 14.5. The van der Waals surface area contributed by atoms with Gasteiger partial charge in [0.25, 0.3) is 5.91 Å². The number of benzene rings is 2. The first-order chi connectivity index (χ1) is 12.6. The summed E-state index contributed by atoms with van der Waals surface area (Å²) in [5, 5.41) is 24.3. The normalized spacial score (nSPS) is 11.8. The van der Waals surface area contributed by atoms with Gasteiger partial charge in [-0.1, -0.05) is 50.2 Å². The third-order valence-corrected chi connectivity index (χ3v) is 3.87. The van der Waals surface area contributed by atoms with Gasteiger partial charge < -0.3 is 5.32 Å². The van der Waals surface area contributed by atoms with Crippen molar-refractivity contribution in [3.05, 3.63) is 60.2 Å². The van der Waals surface area contributed by atoms with Crippen LogP contribution in [0.4, 0.5) is 5.69 Å². The van der Waals surface area contributed by atoms with Crippen LogP contribution < -0.4 is 5.32 Å². The molecule has 0 aliphatic heterocycles. The zero-order chi connectivity index (χ0) is 18.5. The van der Waals surface area contributed by atoms with Crippen LogP contribution in [0.1, 0.15) is 25.5 Å². The maximum Gasteiger partial charge on any atom is 0.251 e. The molecule has 26 heavy (non-hydrogen) atoms. The summed E-state index contributed by atoms with van der Waals surface area (Å²) in [6.45, 7) is 3.84. The number of carbonyl (C=O) groups excluding carboxylic acids is 1. The van der Waals surface area contributed by atoms with E-state index in [1.165, 1.54) is 4.80 Å². The van der Waals surface area contributed by atoms with E-state index in [2.05, 4.69) is 26.8 Å². The Morgan fingerprint density at radius 3 is 2.62 bits per heavy atom. The van der Waals surface area contributed by atoms with Crippen LogP contribution in [0.3, 0.4) is 0 Å². The van der Waals surface area contributed by atoms with Gasteiger partial charge >= 0.3 is 0 Å². The van der Waals surface area contributed by atoms with Gasteiger partial charge in [-0.3, -0.25) is 4.79 Å². The van der Waals surface area contributed by atoms with E-state index >= 15 is 0 Å². The number of aromatic nitrogens is 4. The maximum atomic E-state index is 12.8. The molecule has 2 aromatic carbocycles. The fraction of sp³-hybridized carbons (Fsp3) is 0.211. The summed E-state index contributed by atoms with van der Waals surface area (Å²) in [7, 11) is 0. The van der Waals surface area contributed by atoms with Crippen LogP contribution in [0.15, 0.2) is 54.6 Å². The molecule has 0 saturated heterocycles. The molecule has 1 heterocycles. The highest BCUT2D eigenvalue weighted by Crippen LogP contribution is 2.21. The summed E-state index contributed by atoms with van der Waals surface area (Å²) in [4.78, 5) is 14.1. The predicted octanol–water partition coefficient (Wildman–Crippen LogP) is 3.05. The van der Waals surface area contributed by atoms with Crippen molar-refractivity contribution in [2.45, 2.75) is 19.9 Å². The molecular formula is C19H18N6O. The lowest BCUT2D eigenvalue weighted by molar-refractivity contribution is -0.121. The van der Waals surface area contributed by atoms with E-state index in [0.717, 1.165) is 5.56 Å². The second kappa shape index (κ2) is 7.57. The number of anilines is 1. The van der Waals surface area contributed by atoms with Crippen LogP contribution in [-0.4, -0.2) is 26.1 Å². The molecule has 7 heteroatoms. The second-order valence-electron chi connectivity index (χ2n) is 6.17. The van der Waals surface area contributed by atoms with Gasteiger partial charge in [-0.25, -0.2) is 0 Å². The van der Waals surface area contributed by atoms with Crippen molar-refractivity contribution >= 4 is 11.6 Å². The quantitative estimate of drug-likeness (QED) is 0.766. The van der Waals surface area contributed by atoms with E-state index in [1.54, 1.807) is 24.3 Å². The Balaban J connectivity index is 1.84. The third kappa shape index (κ3) is 3.75. The number of nitrogens with zero attached hydrogens (tertiary/aromatic N) is 5. The minimum Gasteiger partial charge on any atom is -0.324 e. The van der Waals surface area contributed by atoms with Gasteiger partial charge in [-0.2, -0.15) is 10.1 Å². The molecule has 1 aromatic heterocycles. The van der Waals surface area contributed by atoms with Crippen molar-refractivity contribution in [2.24, 2.45) is 5.92 Å². The summed E-state index contributed by atoms with van der Waals surface area (Å²) < 4.78 is 0. The average Bonchev–Trinajstić information content (AvgIpc) is 3.12. The van der Waals surface area contributed by atoms with E-state index < -0.39 is 6.04 Å². The summed E-state index contributed by atoms with van der Waals surface area (Å²) in [5.74, 6) is 0.162. The molecule has 0 spiro atoms. The van der Waals surface area contributed by atoms with Gasteiger partial charge in [0, 0.05) is 11.3 Å². The largest absolute Gasteiger partial charge is 0.324 e. The molecular weight excluding hydrogens is 328 g/mol. The lowest BCUT2D eigenvalue weighted by atomic mass is 10.0. The van der Waals surface area contributed by atoms with Crippen molar-refractivity contribution in [3.63, 3.8) is 0 Å². The van der Waals surface area contributed by atoms with Crippen LogP contribution in [-0.2, 0) is 4.79 Å². The number of hydrogen-bond donors (Lipinski definition) is 1. The van der Waals surface area contributed by atoms with Crippen molar-refractivity contribution in [3.8, 4) is 17.5 Å². The summed E-state index contributed by atoms with van der Waals surface area (Å²) in [6.07, 6.45) is 0. The number of nitrogens with one attached hydrogen (secondary N) is 1. The number of amides is 1. The van der Waals surface area contributed by atoms with Crippen molar-refractivity contribution in [1.82, 2.24) is 20.2 Å². The van der Waals surface area contributed by atoms with Crippen molar-refractivity contribution in [2.75, 3.05) is 5.32 Å². The fourth-order valence-corrected chi connectivity index (χ4v) is 2.60. The van der Waals surface area contributed by atoms with E-state index in [9.17, 15) is 4.79 Å². The molecule has 3 aromatic rings. The third-order valence-electron chi connectivity index (χ3n) is 3.87. The van der Waals surface area contributed by atoms with Crippen LogP contribution in [0, 0.1) is 17.2 Å². The molecule has 0 bridgehead atoms. The lowest BCUT2D eigenvalue weighted by Crippen LogP contribution is -2.31. The lowest BCUT2D eigenvalue weighted by Gasteiger charge is -2.18. The Bertz CT molecular complexity index is 942. The van der Waals surface area contributed by atoms with E-state index in [0.29, 0.717) is 17.1 Å². The van der Waals surface area contributed by atoms with Gasteiger partial charge in [0.1, 0.15) is 0 Å². The molecule has 0 fully saturated rings. The smallest absolute Gasteiger partial charge is 0.251 e. The van der Waals surface area contributed by atoms with Crippen LogP contribution in [0.25, 0.3) is 11.4 Å². The summed E-state index contributed by atoms with van der Waals surface area (Å²) in [5.41, 5.74) is 1.88. The van der Waals surface area contributed by atoms with Crippen LogP contribution in [0.2, 0.25) is 0 Å². The Hall–Kier alpha value is -3.53. The van der Waals surface area contributed by atoms with Gasteiger partial charge in [0.2, 0.25) is 5.82 Å². The number of rotatable bonds is 5. The average molecular weight is 346 g/mol. The molecule has 130 valence electrons. The molecule has 1 amide bonds. The summed E-state index contributed by atoms with van der Waals surface area (Å²) >= 11 is 0. The minimum absolute atomic E-state index is 0.0491. The number of carbonyl (C=O) groups is 1.